The zero-order valence-electron chi connectivity index (χ0n) is 12.9. The van der Waals surface area contributed by atoms with Gasteiger partial charge in [-0.15, -0.1) is 0 Å². The van der Waals surface area contributed by atoms with E-state index < -0.39 is 6.17 Å². The Morgan fingerprint density at radius 1 is 1.05 bits per heavy atom. The van der Waals surface area contributed by atoms with E-state index in [9.17, 15) is 4.39 Å². The van der Waals surface area contributed by atoms with Gasteiger partial charge in [0.1, 0.15) is 6.17 Å². The van der Waals surface area contributed by atoms with Gasteiger partial charge in [0.2, 0.25) is 0 Å². The molecule has 112 valence electrons. The molecule has 0 N–H and O–H groups in total. The van der Waals surface area contributed by atoms with E-state index >= 15 is 0 Å². The standard InChI is InChI=1S/C19H29F/c1-2-14-7-9-15(10-8-14)13-16-11-12-17(16)18-5-3-4-6-19(18)20/h3-5,14-17,19H,2,6-13H2,1H3/t14?,15?,16?,17?,19-/m1/s1. The summed E-state index contributed by atoms with van der Waals surface area (Å²) in [6.07, 6.45) is 17.1. The molecule has 0 bridgehead atoms. The normalized spacial score (nSPS) is 41.1. The lowest BCUT2D eigenvalue weighted by atomic mass is 9.63. The van der Waals surface area contributed by atoms with Crippen LogP contribution in [0.25, 0.3) is 0 Å². The number of hydrogen-bond donors (Lipinski definition) is 0. The number of allylic oxidation sites excluding steroid dienone is 4. The Morgan fingerprint density at radius 3 is 2.40 bits per heavy atom. The van der Waals surface area contributed by atoms with Crippen LogP contribution in [-0.4, -0.2) is 6.17 Å². The maximum Gasteiger partial charge on any atom is 0.125 e. The van der Waals surface area contributed by atoms with Crippen LogP contribution in [0.4, 0.5) is 4.39 Å². The molecule has 3 rings (SSSR count). The Morgan fingerprint density at radius 2 is 1.80 bits per heavy atom. The van der Waals surface area contributed by atoms with Gasteiger partial charge in [-0.1, -0.05) is 57.3 Å². The van der Waals surface area contributed by atoms with Crippen molar-refractivity contribution in [3.8, 4) is 0 Å². The highest BCUT2D eigenvalue weighted by Crippen LogP contribution is 2.47. The van der Waals surface area contributed by atoms with Crippen molar-refractivity contribution in [3.05, 3.63) is 23.8 Å². The third-order valence-corrected chi connectivity index (χ3v) is 6.15. The van der Waals surface area contributed by atoms with Crippen LogP contribution in [0.5, 0.6) is 0 Å². The summed E-state index contributed by atoms with van der Waals surface area (Å²) in [6.45, 7) is 2.33. The second kappa shape index (κ2) is 6.45. The molecule has 3 aliphatic rings. The zero-order valence-corrected chi connectivity index (χ0v) is 12.9. The molecule has 0 amide bonds. The molecule has 20 heavy (non-hydrogen) atoms. The lowest BCUT2D eigenvalue weighted by Gasteiger charge is -2.42. The average Bonchev–Trinajstić information content (AvgIpc) is 2.46. The van der Waals surface area contributed by atoms with Gasteiger partial charge in [-0.05, 0) is 48.5 Å². The zero-order chi connectivity index (χ0) is 13.9. The van der Waals surface area contributed by atoms with Gasteiger partial charge in [0.25, 0.3) is 0 Å². The molecule has 1 heteroatoms. The topological polar surface area (TPSA) is 0 Å². The molecule has 0 aromatic rings. The molecule has 2 saturated carbocycles. The first kappa shape index (κ1) is 14.4. The Kier molecular flexibility index (Phi) is 4.63. The average molecular weight is 276 g/mol. The van der Waals surface area contributed by atoms with Crippen molar-refractivity contribution in [3.63, 3.8) is 0 Å². The quantitative estimate of drug-likeness (QED) is 0.604. The van der Waals surface area contributed by atoms with Crippen LogP contribution in [0.15, 0.2) is 23.8 Å². The molecule has 2 fully saturated rings. The molecule has 0 aromatic heterocycles. The van der Waals surface area contributed by atoms with Crippen LogP contribution in [0, 0.1) is 23.7 Å². The summed E-state index contributed by atoms with van der Waals surface area (Å²) in [5, 5.41) is 0. The fourth-order valence-corrected chi connectivity index (χ4v) is 4.57. The Balaban J connectivity index is 1.51. The van der Waals surface area contributed by atoms with Crippen molar-refractivity contribution in [2.24, 2.45) is 23.7 Å². The molecule has 0 spiro atoms. The lowest BCUT2D eigenvalue weighted by Crippen LogP contribution is -2.33. The predicted octanol–water partition coefficient (Wildman–Crippen LogP) is 5.84. The summed E-state index contributed by atoms with van der Waals surface area (Å²) in [5.41, 5.74) is 1.12. The first-order valence-corrected chi connectivity index (χ1v) is 8.78. The molecule has 0 heterocycles. The summed E-state index contributed by atoms with van der Waals surface area (Å²) in [6, 6.07) is 0. The third-order valence-electron chi connectivity index (χ3n) is 6.15. The van der Waals surface area contributed by atoms with Crippen LogP contribution in [-0.2, 0) is 0 Å². The molecule has 3 atom stereocenters. The van der Waals surface area contributed by atoms with Crippen LogP contribution in [0.2, 0.25) is 0 Å². The van der Waals surface area contributed by atoms with E-state index in [-0.39, 0.29) is 0 Å². The van der Waals surface area contributed by atoms with Crippen molar-refractivity contribution in [1.82, 2.24) is 0 Å². The number of halogens is 1. The Labute approximate surface area is 123 Å². The molecule has 0 radical (unpaired) electrons. The highest BCUT2D eigenvalue weighted by molar-refractivity contribution is 5.26. The van der Waals surface area contributed by atoms with Crippen molar-refractivity contribution < 1.29 is 4.39 Å². The van der Waals surface area contributed by atoms with E-state index in [1.807, 2.05) is 6.08 Å². The highest BCUT2D eigenvalue weighted by atomic mass is 19.1. The van der Waals surface area contributed by atoms with Gasteiger partial charge in [-0.2, -0.15) is 0 Å². The largest absolute Gasteiger partial charge is 0.242 e. The molecule has 2 unspecified atom stereocenters. The van der Waals surface area contributed by atoms with Gasteiger partial charge in [0, 0.05) is 6.42 Å². The van der Waals surface area contributed by atoms with Gasteiger partial charge >= 0.3 is 0 Å². The minimum atomic E-state index is -0.691. The van der Waals surface area contributed by atoms with Gasteiger partial charge in [-0.25, -0.2) is 4.39 Å². The number of alkyl halides is 1. The molecular formula is C19H29F. The molecule has 0 aliphatic heterocycles. The summed E-state index contributed by atoms with van der Waals surface area (Å²) >= 11 is 0. The predicted molar refractivity (Wildman–Crippen MR) is 83.3 cm³/mol. The van der Waals surface area contributed by atoms with Crippen molar-refractivity contribution in [2.75, 3.05) is 0 Å². The fraction of sp³-hybridized carbons (Fsp3) is 0.789. The Hall–Kier alpha value is -0.590. The minimum absolute atomic E-state index is 0.568. The summed E-state index contributed by atoms with van der Waals surface area (Å²) < 4.78 is 14.0. The van der Waals surface area contributed by atoms with Crippen LogP contribution >= 0.6 is 0 Å². The first-order chi connectivity index (χ1) is 9.78. The molecule has 3 aliphatic carbocycles. The fourth-order valence-electron chi connectivity index (χ4n) is 4.57. The van der Waals surface area contributed by atoms with Gasteiger partial charge in [0.15, 0.2) is 0 Å². The number of hydrogen-bond acceptors (Lipinski definition) is 0. The Bertz CT molecular complexity index is 373. The maximum absolute atomic E-state index is 14.0. The van der Waals surface area contributed by atoms with Gasteiger partial charge in [0.05, 0.1) is 0 Å². The molecule has 0 aromatic carbocycles. The van der Waals surface area contributed by atoms with Gasteiger partial charge < -0.3 is 0 Å². The molecular weight excluding hydrogens is 247 g/mol. The van der Waals surface area contributed by atoms with Crippen molar-refractivity contribution in [1.29, 1.82) is 0 Å². The summed E-state index contributed by atoms with van der Waals surface area (Å²) in [5.74, 6) is 3.28. The van der Waals surface area contributed by atoms with E-state index in [0.717, 1.165) is 23.3 Å². The van der Waals surface area contributed by atoms with Crippen LogP contribution in [0.3, 0.4) is 0 Å². The van der Waals surface area contributed by atoms with E-state index in [0.29, 0.717) is 12.3 Å². The van der Waals surface area contributed by atoms with Crippen molar-refractivity contribution >= 4 is 0 Å². The van der Waals surface area contributed by atoms with E-state index in [1.54, 1.807) is 0 Å². The highest BCUT2D eigenvalue weighted by Gasteiger charge is 2.38. The van der Waals surface area contributed by atoms with Gasteiger partial charge in [-0.3, -0.25) is 0 Å². The second-order valence-corrected chi connectivity index (χ2v) is 7.27. The smallest absolute Gasteiger partial charge is 0.125 e. The molecule has 0 nitrogen and oxygen atoms in total. The van der Waals surface area contributed by atoms with Crippen molar-refractivity contribution in [2.45, 2.75) is 70.9 Å². The molecule has 0 saturated heterocycles. The number of rotatable bonds is 4. The van der Waals surface area contributed by atoms with Crippen LogP contribution < -0.4 is 0 Å². The first-order valence-electron chi connectivity index (χ1n) is 8.78. The third kappa shape index (κ3) is 3.02. The summed E-state index contributed by atoms with van der Waals surface area (Å²) in [7, 11) is 0. The van der Waals surface area contributed by atoms with E-state index in [4.69, 9.17) is 0 Å². The maximum atomic E-state index is 14.0. The van der Waals surface area contributed by atoms with Crippen LogP contribution in [0.1, 0.15) is 64.7 Å². The monoisotopic (exact) mass is 276 g/mol. The second-order valence-electron chi connectivity index (χ2n) is 7.27. The minimum Gasteiger partial charge on any atom is -0.242 e. The summed E-state index contributed by atoms with van der Waals surface area (Å²) in [4.78, 5) is 0. The van der Waals surface area contributed by atoms with E-state index in [2.05, 4.69) is 19.1 Å². The lowest BCUT2D eigenvalue weighted by molar-refractivity contribution is 0.129. The van der Waals surface area contributed by atoms with E-state index in [1.165, 1.54) is 51.4 Å². The SMILES string of the molecule is CCC1CCC(CC2CCC2C2=CC=CC[C@H]2F)CC1.